The third-order valence-corrected chi connectivity index (χ3v) is 4.57. The average molecular weight is 271 g/mol. The molecule has 0 aliphatic carbocycles. The Labute approximate surface area is 105 Å². The molecule has 6 heteroatoms. The third kappa shape index (κ3) is 2.08. The van der Waals surface area contributed by atoms with E-state index in [1.54, 1.807) is 32.0 Å². The van der Waals surface area contributed by atoms with Crippen molar-refractivity contribution in [1.82, 2.24) is 9.19 Å². The summed E-state index contributed by atoms with van der Waals surface area (Å²) < 4.78 is 25.4. The third-order valence-electron chi connectivity index (χ3n) is 2.46. The lowest BCUT2D eigenvalue weighted by Crippen LogP contribution is -2.14. The summed E-state index contributed by atoms with van der Waals surface area (Å²) in [5, 5.41) is 4.31. The second kappa shape index (κ2) is 4.16. The first kappa shape index (κ1) is 12.1. The molecule has 17 heavy (non-hydrogen) atoms. The van der Waals surface area contributed by atoms with E-state index in [4.69, 9.17) is 11.6 Å². The second-order valence-corrected chi connectivity index (χ2v) is 5.92. The fourth-order valence-electron chi connectivity index (χ4n) is 1.53. The molecule has 0 saturated carbocycles. The molecule has 2 aromatic rings. The SMILES string of the molecule is Cc1cc(S(=O)(=O)n2cccn2)c(C)cc1Cl. The highest BCUT2D eigenvalue weighted by Gasteiger charge is 2.20. The zero-order valence-electron chi connectivity index (χ0n) is 9.38. The van der Waals surface area contributed by atoms with Crippen molar-refractivity contribution in [3.63, 3.8) is 0 Å². The van der Waals surface area contributed by atoms with Crippen LogP contribution >= 0.6 is 11.6 Å². The highest BCUT2D eigenvalue weighted by Crippen LogP contribution is 2.24. The highest BCUT2D eigenvalue weighted by molar-refractivity contribution is 7.89. The van der Waals surface area contributed by atoms with Crippen LogP contribution in [0.1, 0.15) is 11.1 Å². The van der Waals surface area contributed by atoms with Crippen LogP contribution in [-0.4, -0.2) is 17.6 Å². The summed E-state index contributed by atoms with van der Waals surface area (Å²) in [5.41, 5.74) is 1.33. The van der Waals surface area contributed by atoms with Gasteiger partial charge in [0.25, 0.3) is 10.0 Å². The van der Waals surface area contributed by atoms with Gasteiger partial charge in [-0.25, -0.2) is 0 Å². The highest BCUT2D eigenvalue weighted by atomic mass is 35.5. The lowest BCUT2D eigenvalue weighted by molar-refractivity contribution is 0.579. The van der Waals surface area contributed by atoms with Gasteiger partial charge in [-0.1, -0.05) is 11.6 Å². The Hall–Kier alpha value is -1.33. The van der Waals surface area contributed by atoms with Crippen LogP contribution in [-0.2, 0) is 10.0 Å². The van der Waals surface area contributed by atoms with E-state index in [9.17, 15) is 8.42 Å². The minimum absolute atomic E-state index is 0.225. The number of rotatable bonds is 2. The number of hydrogen-bond donors (Lipinski definition) is 0. The van der Waals surface area contributed by atoms with E-state index in [-0.39, 0.29) is 4.90 Å². The van der Waals surface area contributed by atoms with Gasteiger partial charge in [-0.15, -0.1) is 0 Å². The van der Waals surface area contributed by atoms with Crippen LogP contribution in [0.5, 0.6) is 0 Å². The number of benzene rings is 1. The van der Waals surface area contributed by atoms with Crippen LogP contribution in [0, 0.1) is 13.8 Å². The number of hydrogen-bond acceptors (Lipinski definition) is 3. The van der Waals surface area contributed by atoms with Crippen LogP contribution in [0.2, 0.25) is 5.02 Å². The zero-order chi connectivity index (χ0) is 12.6. The van der Waals surface area contributed by atoms with Crippen molar-refractivity contribution in [1.29, 1.82) is 0 Å². The van der Waals surface area contributed by atoms with Gasteiger partial charge in [0.2, 0.25) is 0 Å². The number of nitrogens with zero attached hydrogens (tertiary/aromatic N) is 2. The molecular weight excluding hydrogens is 260 g/mol. The lowest BCUT2D eigenvalue weighted by Gasteiger charge is -2.09. The average Bonchev–Trinajstić information content (AvgIpc) is 2.77. The van der Waals surface area contributed by atoms with Gasteiger partial charge in [0.1, 0.15) is 0 Å². The normalized spacial score (nSPS) is 11.7. The van der Waals surface area contributed by atoms with Gasteiger partial charge in [0.05, 0.1) is 11.1 Å². The van der Waals surface area contributed by atoms with E-state index in [2.05, 4.69) is 5.10 Å². The molecule has 0 aliphatic rings. The van der Waals surface area contributed by atoms with Gasteiger partial charge in [-0.2, -0.15) is 17.6 Å². The van der Waals surface area contributed by atoms with E-state index in [1.807, 2.05) is 0 Å². The fourth-order valence-corrected chi connectivity index (χ4v) is 3.15. The van der Waals surface area contributed by atoms with Gasteiger partial charge >= 0.3 is 0 Å². The molecule has 1 aromatic carbocycles. The van der Waals surface area contributed by atoms with Gasteiger partial charge in [0.15, 0.2) is 0 Å². The lowest BCUT2D eigenvalue weighted by atomic mass is 10.2. The van der Waals surface area contributed by atoms with Crippen molar-refractivity contribution in [3.8, 4) is 0 Å². The van der Waals surface area contributed by atoms with Crippen molar-refractivity contribution in [3.05, 3.63) is 46.7 Å². The first-order valence-electron chi connectivity index (χ1n) is 4.95. The standard InChI is InChI=1S/C11H11ClN2O2S/c1-8-7-11(9(2)6-10(8)12)17(15,16)14-5-3-4-13-14/h3-7H,1-2H3. The first-order valence-corrected chi connectivity index (χ1v) is 6.76. The van der Waals surface area contributed by atoms with Crippen molar-refractivity contribution < 1.29 is 8.42 Å². The molecule has 1 aromatic heterocycles. The fraction of sp³-hybridized carbons (Fsp3) is 0.182. The summed E-state index contributed by atoms with van der Waals surface area (Å²) in [6, 6.07) is 4.78. The van der Waals surface area contributed by atoms with Crippen LogP contribution in [0.3, 0.4) is 0 Å². The monoisotopic (exact) mass is 270 g/mol. The van der Waals surface area contributed by atoms with Crippen LogP contribution in [0.4, 0.5) is 0 Å². The van der Waals surface area contributed by atoms with E-state index in [1.165, 1.54) is 12.4 Å². The van der Waals surface area contributed by atoms with Crippen LogP contribution in [0.25, 0.3) is 0 Å². The van der Waals surface area contributed by atoms with Gasteiger partial charge in [-0.3, -0.25) is 0 Å². The summed E-state index contributed by atoms with van der Waals surface area (Å²) in [6.07, 6.45) is 2.83. The summed E-state index contributed by atoms with van der Waals surface area (Å²) in [7, 11) is -3.62. The molecule has 0 atom stereocenters. The van der Waals surface area contributed by atoms with Crippen LogP contribution in [0.15, 0.2) is 35.5 Å². The topological polar surface area (TPSA) is 52.0 Å². The molecule has 0 bridgehead atoms. The molecule has 90 valence electrons. The molecule has 0 aliphatic heterocycles. The quantitative estimate of drug-likeness (QED) is 0.842. The van der Waals surface area contributed by atoms with Crippen molar-refractivity contribution in [2.75, 3.05) is 0 Å². The molecule has 1 heterocycles. The Kier molecular flexibility index (Phi) is 2.97. The van der Waals surface area contributed by atoms with E-state index in [0.717, 1.165) is 9.65 Å². The molecule has 4 nitrogen and oxygen atoms in total. The maximum absolute atomic E-state index is 12.2. The Balaban J connectivity index is 2.67. The minimum atomic E-state index is -3.62. The summed E-state index contributed by atoms with van der Waals surface area (Å²) in [5.74, 6) is 0. The van der Waals surface area contributed by atoms with Crippen LogP contribution < -0.4 is 0 Å². The number of aryl methyl sites for hydroxylation is 2. The van der Waals surface area contributed by atoms with Crippen molar-refractivity contribution in [2.24, 2.45) is 0 Å². The molecule has 2 rings (SSSR count). The summed E-state index contributed by atoms with van der Waals surface area (Å²) >= 11 is 5.94. The van der Waals surface area contributed by atoms with Crippen molar-refractivity contribution >= 4 is 21.6 Å². The summed E-state index contributed by atoms with van der Waals surface area (Å²) in [6.45, 7) is 3.48. The zero-order valence-corrected chi connectivity index (χ0v) is 11.0. The first-order chi connectivity index (χ1) is 7.93. The second-order valence-electron chi connectivity index (χ2n) is 3.75. The molecule has 0 saturated heterocycles. The Morgan fingerprint density at radius 3 is 2.53 bits per heavy atom. The Morgan fingerprint density at radius 2 is 1.94 bits per heavy atom. The predicted octanol–water partition coefficient (Wildman–Crippen LogP) is 2.39. The predicted molar refractivity (Wildman–Crippen MR) is 65.7 cm³/mol. The van der Waals surface area contributed by atoms with Crippen molar-refractivity contribution in [2.45, 2.75) is 18.7 Å². The smallest absolute Gasteiger partial charge is 0.199 e. The molecular formula is C11H11ClN2O2S. The number of aromatic nitrogens is 2. The van der Waals surface area contributed by atoms with Gasteiger partial charge in [-0.05, 0) is 43.2 Å². The Bertz CT molecular complexity index is 648. The van der Waals surface area contributed by atoms with E-state index >= 15 is 0 Å². The Morgan fingerprint density at radius 1 is 1.24 bits per heavy atom. The minimum Gasteiger partial charge on any atom is -0.199 e. The molecule has 0 amide bonds. The summed E-state index contributed by atoms with van der Waals surface area (Å²) in [4.78, 5) is 0.225. The maximum Gasteiger partial charge on any atom is 0.283 e. The van der Waals surface area contributed by atoms with E-state index < -0.39 is 10.0 Å². The van der Waals surface area contributed by atoms with Gasteiger partial charge in [0, 0.05) is 11.2 Å². The maximum atomic E-state index is 12.2. The van der Waals surface area contributed by atoms with Gasteiger partial charge < -0.3 is 0 Å². The molecule has 0 fully saturated rings. The number of halogens is 1. The molecule has 0 N–H and O–H groups in total. The molecule has 0 radical (unpaired) electrons. The molecule has 0 spiro atoms. The molecule has 0 unspecified atom stereocenters. The largest absolute Gasteiger partial charge is 0.283 e. The van der Waals surface area contributed by atoms with E-state index in [0.29, 0.717) is 10.6 Å².